The van der Waals surface area contributed by atoms with Crippen LogP contribution in [0.4, 0.5) is 4.39 Å². The summed E-state index contributed by atoms with van der Waals surface area (Å²) in [4.78, 5) is 11.8. The fourth-order valence-corrected chi connectivity index (χ4v) is 2.42. The number of rotatable bonds is 7. The molecular weight excluding hydrogens is 309 g/mol. The van der Waals surface area contributed by atoms with E-state index < -0.39 is 0 Å². The molecule has 124 valence electrons. The highest BCUT2D eigenvalue weighted by molar-refractivity contribution is 5.76. The lowest BCUT2D eigenvalue weighted by Gasteiger charge is -2.03. The lowest BCUT2D eigenvalue weighted by Crippen LogP contribution is -2.25. The fraction of sp³-hybridized carbons (Fsp3) is 0.211. The molecule has 2 heterocycles. The Balaban J connectivity index is 1.47. The standard InChI is InChI=1S/C19H18FNO3/c20-17-6-2-1-5-16(17)18-9-7-15(24-18)8-10-19(22)21-12-11-14-4-3-13-23-14/h1-7,9,13H,8,10-12H2,(H,21,22). The van der Waals surface area contributed by atoms with Gasteiger partial charge in [0.25, 0.3) is 0 Å². The van der Waals surface area contributed by atoms with Crippen LogP contribution in [0.25, 0.3) is 11.3 Å². The molecule has 0 saturated carbocycles. The molecule has 1 aromatic carbocycles. The maximum atomic E-state index is 13.7. The second-order valence-corrected chi connectivity index (χ2v) is 5.43. The average Bonchev–Trinajstić information content (AvgIpc) is 3.25. The topological polar surface area (TPSA) is 55.4 Å². The van der Waals surface area contributed by atoms with Crippen molar-refractivity contribution in [3.63, 3.8) is 0 Å². The molecule has 0 radical (unpaired) electrons. The van der Waals surface area contributed by atoms with Crippen LogP contribution >= 0.6 is 0 Å². The Morgan fingerprint density at radius 1 is 1.00 bits per heavy atom. The van der Waals surface area contributed by atoms with Gasteiger partial charge in [0.2, 0.25) is 5.91 Å². The highest BCUT2D eigenvalue weighted by atomic mass is 19.1. The predicted molar refractivity (Wildman–Crippen MR) is 87.8 cm³/mol. The van der Waals surface area contributed by atoms with E-state index in [0.717, 1.165) is 5.76 Å². The Labute approximate surface area is 139 Å². The zero-order valence-corrected chi connectivity index (χ0v) is 13.1. The zero-order valence-electron chi connectivity index (χ0n) is 13.1. The van der Waals surface area contributed by atoms with E-state index in [2.05, 4.69) is 5.32 Å². The molecule has 3 rings (SSSR count). The maximum Gasteiger partial charge on any atom is 0.220 e. The number of amides is 1. The first kappa shape index (κ1) is 16.1. The Hall–Kier alpha value is -2.82. The van der Waals surface area contributed by atoms with Gasteiger partial charge in [-0.3, -0.25) is 4.79 Å². The quantitative estimate of drug-likeness (QED) is 0.714. The number of carbonyl (C=O) groups is 1. The van der Waals surface area contributed by atoms with Crippen LogP contribution in [0.15, 0.2) is 63.6 Å². The van der Waals surface area contributed by atoms with Gasteiger partial charge in [0.05, 0.1) is 11.8 Å². The Bertz CT molecular complexity index is 793. The number of benzene rings is 1. The third-order valence-corrected chi connectivity index (χ3v) is 3.67. The molecule has 0 bridgehead atoms. The first-order valence-electron chi connectivity index (χ1n) is 7.85. The van der Waals surface area contributed by atoms with Crippen LogP contribution in [0.1, 0.15) is 17.9 Å². The monoisotopic (exact) mass is 327 g/mol. The van der Waals surface area contributed by atoms with Crippen molar-refractivity contribution in [3.05, 3.63) is 72.1 Å². The summed E-state index contributed by atoms with van der Waals surface area (Å²) in [5, 5.41) is 2.84. The zero-order chi connectivity index (χ0) is 16.8. The minimum atomic E-state index is -0.325. The lowest BCUT2D eigenvalue weighted by molar-refractivity contribution is -0.121. The van der Waals surface area contributed by atoms with Crippen LogP contribution in [0.5, 0.6) is 0 Å². The smallest absolute Gasteiger partial charge is 0.220 e. The van der Waals surface area contributed by atoms with Crippen LogP contribution in [0.2, 0.25) is 0 Å². The number of nitrogens with one attached hydrogen (secondary N) is 1. The van der Waals surface area contributed by atoms with Gasteiger partial charge in [-0.2, -0.15) is 0 Å². The minimum absolute atomic E-state index is 0.0506. The van der Waals surface area contributed by atoms with Crippen molar-refractivity contribution in [2.24, 2.45) is 0 Å². The van der Waals surface area contributed by atoms with Crippen LogP contribution in [0, 0.1) is 5.82 Å². The SMILES string of the molecule is O=C(CCc1ccc(-c2ccccc2F)o1)NCCc1ccco1. The van der Waals surface area contributed by atoms with Gasteiger partial charge in [-0.15, -0.1) is 0 Å². The molecule has 0 saturated heterocycles. The molecule has 2 aromatic heterocycles. The molecule has 0 aliphatic rings. The summed E-state index contributed by atoms with van der Waals surface area (Å²) in [6.45, 7) is 0.533. The fourth-order valence-electron chi connectivity index (χ4n) is 2.42. The first-order chi connectivity index (χ1) is 11.7. The van der Waals surface area contributed by atoms with Crippen molar-refractivity contribution >= 4 is 5.91 Å². The molecule has 0 atom stereocenters. The van der Waals surface area contributed by atoms with Crippen LogP contribution < -0.4 is 5.32 Å². The number of hydrogen-bond donors (Lipinski definition) is 1. The van der Waals surface area contributed by atoms with Crippen LogP contribution in [0.3, 0.4) is 0 Å². The summed E-state index contributed by atoms with van der Waals surface area (Å²) in [6, 6.07) is 13.6. The molecular formula is C19H18FNO3. The molecule has 5 heteroatoms. The Morgan fingerprint density at radius 3 is 2.67 bits per heavy atom. The number of aryl methyl sites for hydroxylation is 1. The summed E-state index contributed by atoms with van der Waals surface area (Å²) < 4.78 is 24.6. The largest absolute Gasteiger partial charge is 0.469 e. The van der Waals surface area contributed by atoms with E-state index in [4.69, 9.17) is 8.83 Å². The van der Waals surface area contributed by atoms with E-state index in [1.54, 1.807) is 36.6 Å². The van der Waals surface area contributed by atoms with Gasteiger partial charge in [-0.05, 0) is 36.4 Å². The van der Waals surface area contributed by atoms with Gasteiger partial charge in [0.1, 0.15) is 23.1 Å². The van der Waals surface area contributed by atoms with Crippen molar-refractivity contribution in [1.82, 2.24) is 5.32 Å². The van der Waals surface area contributed by atoms with E-state index in [9.17, 15) is 9.18 Å². The molecule has 0 fully saturated rings. The van der Waals surface area contributed by atoms with Crippen molar-refractivity contribution in [2.45, 2.75) is 19.3 Å². The summed E-state index contributed by atoms with van der Waals surface area (Å²) in [7, 11) is 0. The van der Waals surface area contributed by atoms with Gasteiger partial charge in [-0.1, -0.05) is 12.1 Å². The summed E-state index contributed by atoms with van der Waals surface area (Å²) in [5.41, 5.74) is 0.423. The summed E-state index contributed by atoms with van der Waals surface area (Å²) >= 11 is 0. The molecule has 24 heavy (non-hydrogen) atoms. The van der Waals surface area contributed by atoms with Crippen molar-refractivity contribution in [2.75, 3.05) is 6.54 Å². The number of furan rings is 2. The Kier molecular flexibility index (Phi) is 5.11. The predicted octanol–water partition coefficient (Wildman–Crippen LogP) is 3.97. The van der Waals surface area contributed by atoms with E-state index >= 15 is 0 Å². The number of hydrogen-bond acceptors (Lipinski definition) is 3. The van der Waals surface area contributed by atoms with E-state index in [-0.39, 0.29) is 11.7 Å². The summed E-state index contributed by atoms with van der Waals surface area (Å²) in [6.07, 6.45) is 3.07. The van der Waals surface area contributed by atoms with Crippen LogP contribution in [-0.2, 0) is 17.6 Å². The second kappa shape index (κ2) is 7.64. The number of halogens is 1. The second-order valence-electron chi connectivity index (χ2n) is 5.43. The molecule has 0 spiro atoms. The molecule has 3 aromatic rings. The van der Waals surface area contributed by atoms with Gasteiger partial charge in [0.15, 0.2) is 0 Å². The normalized spacial score (nSPS) is 10.7. The van der Waals surface area contributed by atoms with Gasteiger partial charge < -0.3 is 14.2 Å². The molecule has 0 unspecified atom stereocenters. The molecule has 1 amide bonds. The lowest BCUT2D eigenvalue weighted by atomic mass is 10.1. The molecule has 1 N–H and O–H groups in total. The third-order valence-electron chi connectivity index (χ3n) is 3.67. The first-order valence-corrected chi connectivity index (χ1v) is 7.85. The average molecular weight is 327 g/mol. The minimum Gasteiger partial charge on any atom is -0.469 e. The third kappa shape index (κ3) is 4.13. The van der Waals surface area contributed by atoms with Crippen molar-refractivity contribution in [3.8, 4) is 11.3 Å². The van der Waals surface area contributed by atoms with Gasteiger partial charge >= 0.3 is 0 Å². The molecule has 4 nitrogen and oxygen atoms in total. The summed E-state index contributed by atoms with van der Waals surface area (Å²) in [5.74, 6) is 1.60. The van der Waals surface area contributed by atoms with E-state index in [1.807, 2.05) is 12.1 Å². The van der Waals surface area contributed by atoms with Crippen molar-refractivity contribution in [1.29, 1.82) is 0 Å². The van der Waals surface area contributed by atoms with Gasteiger partial charge in [-0.25, -0.2) is 4.39 Å². The Morgan fingerprint density at radius 2 is 1.88 bits per heavy atom. The van der Waals surface area contributed by atoms with Crippen LogP contribution in [-0.4, -0.2) is 12.5 Å². The molecule has 0 aliphatic heterocycles. The van der Waals surface area contributed by atoms with E-state index in [1.165, 1.54) is 6.07 Å². The highest BCUT2D eigenvalue weighted by Gasteiger charge is 2.10. The maximum absolute atomic E-state index is 13.7. The van der Waals surface area contributed by atoms with Gasteiger partial charge in [0, 0.05) is 25.8 Å². The highest BCUT2D eigenvalue weighted by Crippen LogP contribution is 2.25. The van der Waals surface area contributed by atoms with Crippen molar-refractivity contribution < 1.29 is 18.0 Å². The molecule has 0 aliphatic carbocycles. The van der Waals surface area contributed by atoms with E-state index in [0.29, 0.717) is 42.9 Å². The number of carbonyl (C=O) groups excluding carboxylic acids is 1.